The molecule has 158 valence electrons. The van der Waals surface area contributed by atoms with Crippen molar-refractivity contribution in [2.45, 2.75) is 13.5 Å². The summed E-state index contributed by atoms with van der Waals surface area (Å²) in [5.74, 6) is 0.235. The Morgan fingerprint density at radius 2 is 1.83 bits per heavy atom. The maximum atomic E-state index is 12.6. The summed E-state index contributed by atoms with van der Waals surface area (Å²) in [4.78, 5) is 26.1. The molecular formula is C21H19F2NO5S. The van der Waals surface area contributed by atoms with E-state index >= 15 is 0 Å². The van der Waals surface area contributed by atoms with Crippen LogP contribution in [0.25, 0.3) is 6.08 Å². The van der Waals surface area contributed by atoms with E-state index in [1.54, 1.807) is 19.1 Å². The van der Waals surface area contributed by atoms with Crippen molar-refractivity contribution in [2.75, 3.05) is 19.8 Å². The Morgan fingerprint density at radius 1 is 1.07 bits per heavy atom. The number of halogens is 2. The minimum atomic E-state index is -2.98. The number of carbonyl (C=O) groups is 2. The number of imide groups is 1. The van der Waals surface area contributed by atoms with Crippen molar-refractivity contribution in [2.24, 2.45) is 0 Å². The zero-order chi connectivity index (χ0) is 21.5. The summed E-state index contributed by atoms with van der Waals surface area (Å²) < 4.78 is 40.4. The zero-order valence-corrected chi connectivity index (χ0v) is 16.9. The van der Waals surface area contributed by atoms with Crippen LogP contribution in [0.5, 0.6) is 17.2 Å². The molecule has 0 saturated carbocycles. The number of amides is 2. The number of rotatable bonds is 9. The highest BCUT2D eigenvalue weighted by Gasteiger charge is 2.34. The third-order valence-electron chi connectivity index (χ3n) is 3.98. The van der Waals surface area contributed by atoms with Crippen molar-refractivity contribution in [1.29, 1.82) is 0 Å². The Hall–Kier alpha value is -3.07. The van der Waals surface area contributed by atoms with Crippen LogP contribution in [0.2, 0.25) is 0 Å². The van der Waals surface area contributed by atoms with Crippen LogP contribution in [0.4, 0.5) is 13.6 Å². The summed E-state index contributed by atoms with van der Waals surface area (Å²) >= 11 is 0.808. The number of alkyl halides is 2. The third-order valence-corrected chi connectivity index (χ3v) is 4.89. The van der Waals surface area contributed by atoms with E-state index < -0.39 is 17.8 Å². The number of nitrogens with zero attached hydrogens (tertiary/aromatic N) is 1. The number of hydrogen-bond donors (Lipinski definition) is 0. The molecule has 2 amide bonds. The van der Waals surface area contributed by atoms with Gasteiger partial charge in [0.2, 0.25) is 0 Å². The number of benzene rings is 2. The molecule has 6 nitrogen and oxygen atoms in total. The van der Waals surface area contributed by atoms with E-state index in [0.717, 1.165) is 16.7 Å². The van der Waals surface area contributed by atoms with E-state index in [4.69, 9.17) is 9.47 Å². The van der Waals surface area contributed by atoms with E-state index in [1.807, 2.05) is 18.2 Å². The summed E-state index contributed by atoms with van der Waals surface area (Å²) in [7, 11) is 0. The van der Waals surface area contributed by atoms with Crippen molar-refractivity contribution in [1.82, 2.24) is 4.90 Å². The SMILES string of the molecule is CCOc1cc(/C=C2\SC(=O)N(CCOc3ccccc3)C2=O)ccc1OC(F)F. The van der Waals surface area contributed by atoms with Crippen LogP contribution in [0, 0.1) is 0 Å². The smallest absolute Gasteiger partial charge is 0.387 e. The number of hydrogen-bond acceptors (Lipinski definition) is 6. The first-order chi connectivity index (χ1) is 14.5. The van der Waals surface area contributed by atoms with Gasteiger partial charge in [-0.3, -0.25) is 14.5 Å². The quantitative estimate of drug-likeness (QED) is 0.527. The van der Waals surface area contributed by atoms with E-state index in [0.29, 0.717) is 11.3 Å². The van der Waals surface area contributed by atoms with E-state index in [2.05, 4.69) is 4.74 Å². The Bertz CT molecular complexity index is 936. The summed E-state index contributed by atoms with van der Waals surface area (Å²) in [6.07, 6.45) is 1.51. The molecule has 9 heteroatoms. The highest BCUT2D eigenvalue weighted by molar-refractivity contribution is 8.18. The molecule has 1 saturated heterocycles. The monoisotopic (exact) mass is 435 g/mol. The van der Waals surface area contributed by atoms with Gasteiger partial charge in [-0.1, -0.05) is 24.3 Å². The van der Waals surface area contributed by atoms with Crippen molar-refractivity contribution >= 4 is 29.0 Å². The number of thioether (sulfide) groups is 1. The Balaban J connectivity index is 1.69. The molecule has 3 rings (SSSR count). The maximum Gasteiger partial charge on any atom is 0.387 e. The molecule has 1 aliphatic heterocycles. The summed E-state index contributed by atoms with van der Waals surface area (Å²) in [6, 6.07) is 13.4. The molecule has 0 radical (unpaired) electrons. The lowest BCUT2D eigenvalue weighted by atomic mass is 10.2. The van der Waals surface area contributed by atoms with Crippen LogP contribution in [-0.2, 0) is 4.79 Å². The minimum Gasteiger partial charge on any atom is -0.492 e. The molecule has 1 aliphatic rings. The van der Waals surface area contributed by atoms with Gasteiger partial charge in [0.15, 0.2) is 11.5 Å². The summed E-state index contributed by atoms with van der Waals surface area (Å²) in [5, 5.41) is -0.398. The Morgan fingerprint density at radius 3 is 2.53 bits per heavy atom. The molecule has 0 aliphatic carbocycles. The van der Waals surface area contributed by atoms with E-state index in [1.165, 1.54) is 24.3 Å². The minimum absolute atomic E-state index is 0.102. The van der Waals surface area contributed by atoms with Gasteiger partial charge in [0.05, 0.1) is 18.1 Å². The highest BCUT2D eigenvalue weighted by Crippen LogP contribution is 2.35. The van der Waals surface area contributed by atoms with Crippen molar-refractivity contribution in [3.05, 3.63) is 59.0 Å². The number of ether oxygens (including phenoxy) is 3. The van der Waals surface area contributed by atoms with Gasteiger partial charge in [-0.2, -0.15) is 8.78 Å². The molecule has 0 N–H and O–H groups in total. The van der Waals surface area contributed by atoms with E-state index in [-0.39, 0.29) is 36.2 Å². The lowest BCUT2D eigenvalue weighted by Gasteiger charge is -2.13. The Labute approximate surface area is 176 Å². The zero-order valence-electron chi connectivity index (χ0n) is 16.0. The molecule has 1 fully saturated rings. The van der Waals surface area contributed by atoms with Gasteiger partial charge >= 0.3 is 6.61 Å². The van der Waals surface area contributed by atoms with Crippen molar-refractivity contribution in [3.63, 3.8) is 0 Å². The molecule has 1 heterocycles. The maximum absolute atomic E-state index is 12.6. The van der Waals surface area contributed by atoms with Crippen LogP contribution < -0.4 is 14.2 Å². The highest BCUT2D eigenvalue weighted by atomic mass is 32.2. The van der Waals surface area contributed by atoms with Gasteiger partial charge < -0.3 is 14.2 Å². The second kappa shape index (κ2) is 10.1. The molecule has 0 bridgehead atoms. The largest absolute Gasteiger partial charge is 0.492 e. The van der Waals surface area contributed by atoms with Crippen molar-refractivity contribution in [3.8, 4) is 17.2 Å². The number of para-hydroxylation sites is 1. The lowest BCUT2D eigenvalue weighted by molar-refractivity contribution is -0.123. The first-order valence-electron chi connectivity index (χ1n) is 9.12. The molecule has 30 heavy (non-hydrogen) atoms. The molecule has 0 atom stereocenters. The van der Waals surface area contributed by atoms with Gasteiger partial charge in [0, 0.05) is 0 Å². The van der Waals surface area contributed by atoms with Gasteiger partial charge in [0.25, 0.3) is 11.1 Å². The van der Waals surface area contributed by atoms with Gasteiger partial charge in [0.1, 0.15) is 12.4 Å². The fourth-order valence-electron chi connectivity index (χ4n) is 2.69. The fourth-order valence-corrected chi connectivity index (χ4v) is 3.56. The van der Waals surface area contributed by atoms with Crippen LogP contribution in [0.1, 0.15) is 12.5 Å². The molecule has 0 unspecified atom stereocenters. The van der Waals surface area contributed by atoms with Crippen LogP contribution in [0.15, 0.2) is 53.4 Å². The lowest BCUT2D eigenvalue weighted by Crippen LogP contribution is -2.32. The average Bonchev–Trinajstić information content (AvgIpc) is 2.98. The average molecular weight is 435 g/mol. The van der Waals surface area contributed by atoms with Gasteiger partial charge in [-0.15, -0.1) is 0 Å². The molecule has 2 aromatic rings. The molecule has 2 aromatic carbocycles. The third kappa shape index (κ3) is 5.50. The predicted octanol–water partition coefficient (Wildman–Crippen LogP) is 4.80. The summed E-state index contributed by atoms with van der Waals surface area (Å²) in [6.45, 7) is -0.737. The standard InChI is InChI=1S/C21H19F2NO5S/c1-2-27-17-12-14(8-9-16(17)29-20(22)23)13-18-19(25)24(21(26)30-18)10-11-28-15-6-4-3-5-7-15/h3-9,12-13,20H,2,10-11H2,1H3/b18-13-. The second-order valence-electron chi connectivity index (χ2n) is 6.01. The van der Waals surface area contributed by atoms with Crippen LogP contribution >= 0.6 is 11.8 Å². The first-order valence-corrected chi connectivity index (χ1v) is 9.94. The van der Waals surface area contributed by atoms with Crippen LogP contribution in [0.3, 0.4) is 0 Å². The van der Waals surface area contributed by atoms with Gasteiger partial charge in [-0.05, 0) is 54.6 Å². The topological polar surface area (TPSA) is 65.1 Å². The Kier molecular flexibility index (Phi) is 7.29. The van der Waals surface area contributed by atoms with Crippen LogP contribution in [-0.4, -0.2) is 42.4 Å². The van der Waals surface area contributed by atoms with Crippen molar-refractivity contribution < 1.29 is 32.6 Å². The van der Waals surface area contributed by atoms with E-state index in [9.17, 15) is 18.4 Å². The summed E-state index contributed by atoms with van der Waals surface area (Å²) in [5.41, 5.74) is 0.520. The fraction of sp³-hybridized carbons (Fsp3) is 0.238. The molecular weight excluding hydrogens is 416 g/mol. The predicted molar refractivity (Wildman–Crippen MR) is 109 cm³/mol. The normalized spacial score (nSPS) is 15.2. The number of carbonyl (C=O) groups excluding carboxylic acids is 2. The molecule has 0 spiro atoms. The molecule has 0 aromatic heterocycles. The second-order valence-corrected chi connectivity index (χ2v) is 7.01. The van der Waals surface area contributed by atoms with Gasteiger partial charge in [-0.25, -0.2) is 0 Å². The first kappa shape index (κ1) is 21.6.